The van der Waals surface area contributed by atoms with Crippen LogP contribution in [0.4, 0.5) is 0 Å². The Labute approximate surface area is 122 Å². The molecule has 1 N–H and O–H groups in total. The van der Waals surface area contributed by atoms with Crippen LogP contribution < -0.4 is 0 Å². The summed E-state index contributed by atoms with van der Waals surface area (Å²) in [5.41, 5.74) is 0.916. The van der Waals surface area contributed by atoms with E-state index >= 15 is 0 Å². The molecule has 0 aromatic carbocycles. The molecule has 110 valence electrons. The summed E-state index contributed by atoms with van der Waals surface area (Å²) in [6, 6.07) is -0.00326. The first kappa shape index (κ1) is 14.8. The molecule has 0 radical (unpaired) electrons. The summed E-state index contributed by atoms with van der Waals surface area (Å²) in [6.07, 6.45) is 1.27. The number of nitrogens with zero attached hydrogens (tertiary/aromatic N) is 3. The van der Waals surface area contributed by atoms with Crippen LogP contribution in [0.1, 0.15) is 35.9 Å². The molecule has 0 spiro atoms. The topological polar surface area (TPSA) is 75.4 Å². The van der Waals surface area contributed by atoms with Crippen molar-refractivity contribution >= 4 is 23.5 Å². The number of amides is 1. The molecule has 20 heavy (non-hydrogen) atoms. The number of piperidine rings is 1. The van der Waals surface area contributed by atoms with Crippen molar-refractivity contribution < 1.29 is 14.7 Å². The number of carbonyl (C=O) groups is 2. The maximum atomic E-state index is 12.5. The van der Waals surface area contributed by atoms with E-state index < -0.39 is 11.9 Å². The second kappa shape index (κ2) is 5.44. The van der Waals surface area contributed by atoms with E-state index in [0.29, 0.717) is 17.9 Å². The highest BCUT2D eigenvalue weighted by molar-refractivity contribution is 6.34. The van der Waals surface area contributed by atoms with Crippen molar-refractivity contribution in [1.82, 2.24) is 14.7 Å². The van der Waals surface area contributed by atoms with Crippen molar-refractivity contribution in [2.75, 3.05) is 6.54 Å². The highest BCUT2D eigenvalue weighted by Crippen LogP contribution is 2.27. The molecule has 7 heteroatoms. The lowest BCUT2D eigenvalue weighted by Crippen LogP contribution is -2.47. The molecule has 2 unspecified atom stereocenters. The minimum Gasteiger partial charge on any atom is -0.481 e. The van der Waals surface area contributed by atoms with Gasteiger partial charge in [-0.1, -0.05) is 11.6 Å². The molecule has 1 aliphatic heterocycles. The van der Waals surface area contributed by atoms with Crippen molar-refractivity contribution in [3.8, 4) is 0 Å². The lowest BCUT2D eigenvalue weighted by Gasteiger charge is -2.36. The van der Waals surface area contributed by atoms with Gasteiger partial charge in [0, 0.05) is 19.6 Å². The van der Waals surface area contributed by atoms with Gasteiger partial charge in [0.05, 0.1) is 16.6 Å². The van der Waals surface area contributed by atoms with E-state index in [-0.39, 0.29) is 24.2 Å². The van der Waals surface area contributed by atoms with E-state index in [4.69, 9.17) is 16.7 Å². The van der Waals surface area contributed by atoms with Crippen molar-refractivity contribution in [2.45, 2.75) is 32.7 Å². The molecule has 2 heterocycles. The van der Waals surface area contributed by atoms with Gasteiger partial charge in [-0.25, -0.2) is 0 Å². The van der Waals surface area contributed by atoms with Crippen LogP contribution in [-0.2, 0) is 11.8 Å². The van der Waals surface area contributed by atoms with Crippen LogP contribution in [0, 0.1) is 12.8 Å². The third-order valence-corrected chi connectivity index (χ3v) is 4.41. The van der Waals surface area contributed by atoms with Gasteiger partial charge < -0.3 is 10.0 Å². The highest BCUT2D eigenvalue weighted by Gasteiger charge is 2.35. The predicted molar refractivity (Wildman–Crippen MR) is 73.8 cm³/mol. The monoisotopic (exact) mass is 299 g/mol. The summed E-state index contributed by atoms with van der Waals surface area (Å²) in [5.74, 6) is -1.67. The van der Waals surface area contributed by atoms with Gasteiger partial charge in [0.2, 0.25) is 0 Å². The van der Waals surface area contributed by atoms with E-state index in [1.165, 1.54) is 0 Å². The van der Waals surface area contributed by atoms with Crippen LogP contribution in [0.3, 0.4) is 0 Å². The van der Waals surface area contributed by atoms with Crippen LogP contribution in [0.5, 0.6) is 0 Å². The number of aryl methyl sites for hydroxylation is 1. The molecule has 1 saturated heterocycles. The molecule has 6 nitrogen and oxygen atoms in total. The zero-order chi connectivity index (χ0) is 15.0. The van der Waals surface area contributed by atoms with E-state index in [0.717, 1.165) is 5.69 Å². The molecule has 1 aromatic heterocycles. The summed E-state index contributed by atoms with van der Waals surface area (Å²) >= 11 is 6.13. The number of carbonyl (C=O) groups excluding carboxylic acids is 1. The maximum Gasteiger partial charge on any atom is 0.308 e. The number of hydrogen-bond donors (Lipinski definition) is 1. The molecular weight excluding hydrogens is 282 g/mol. The molecule has 1 aromatic rings. The third-order valence-electron chi connectivity index (χ3n) is 3.96. The Bertz CT molecular complexity index is 555. The largest absolute Gasteiger partial charge is 0.481 e. The van der Waals surface area contributed by atoms with Gasteiger partial charge in [0.25, 0.3) is 5.91 Å². The minimum atomic E-state index is -0.863. The average Bonchev–Trinajstić information content (AvgIpc) is 2.66. The Morgan fingerprint density at radius 1 is 1.40 bits per heavy atom. The molecule has 0 aliphatic carbocycles. The summed E-state index contributed by atoms with van der Waals surface area (Å²) in [4.78, 5) is 25.2. The quantitative estimate of drug-likeness (QED) is 0.902. The number of carboxylic acids is 1. The van der Waals surface area contributed by atoms with Gasteiger partial charge in [0.1, 0.15) is 0 Å². The Balaban J connectivity index is 2.26. The number of halogens is 1. The fraction of sp³-hybridized carbons (Fsp3) is 0.615. The molecule has 1 aliphatic rings. The van der Waals surface area contributed by atoms with Crippen molar-refractivity contribution in [1.29, 1.82) is 0 Å². The van der Waals surface area contributed by atoms with Crippen LogP contribution >= 0.6 is 11.6 Å². The summed E-state index contributed by atoms with van der Waals surface area (Å²) < 4.78 is 1.55. The van der Waals surface area contributed by atoms with Crippen LogP contribution in [0.15, 0.2) is 0 Å². The smallest absolute Gasteiger partial charge is 0.308 e. The Morgan fingerprint density at radius 3 is 2.55 bits per heavy atom. The first-order valence-corrected chi connectivity index (χ1v) is 6.93. The number of rotatable bonds is 2. The first-order valence-electron chi connectivity index (χ1n) is 6.55. The number of hydrogen-bond acceptors (Lipinski definition) is 3. The molecule has 1 amide bonds. The van der Waals surface area contributed by atoms with Gasteiger partial charge in [-0.2, -0.15) is 5.10 Å². The Hall–Kier alpha value is -1.56. The average molecular weight is 300 g/mol. The zero-order valence-corrected chi connectivity index (χ0v) is 12.5. The molecule has 0 bridgehead atoms. The maximum absolute atomic E-state index is 12.5. The van der Waals surface area contributed by atoms with E-state index in [2.05, 4.69) is 5.10 Å². The van der Waals surface area contributed by atoms with E-state index in [9.17, 15) is 9.59 Å². The number of aromatic nitrogens is 2. The second-order valence-corrected chi connectivity index (χ2v) is 5.67. The van der Waals surface area contributed by atoms with E-state index in [1.807, 2.05) is 6.92 Å². The normalized spacial score (nSPS) is 22.9. The Kier molecular flexibility index (Phi) is 4.04. The van der Waals surface area contributed by atoms with Crippen molar-refractivity contribution in [3.05, 3.63) is 16.4 Å². The lowest BCUT2D eigenvalue weighted by atomic mass is 9.93. The van der Waals surface area contributed by atoms with Crippen LogP contribution in [0.25, 0.3) is 0 Å². The van der Waals surface area contributed by atoms with Gasteiger partial charge >= 0.3 is 5.97 Å². The van der Waals surface area contributed by atoms with Gasteiger partial charge in [0.15, 0.2) is 5.69 Å². The second-order valence-electron chi connectivity index (χ2n) is 5.29. The number of likely N-dealkylation sites (tertiary alicyclic amines) is 1. The zero-order valence-electron chi connectivity index (χ0n) is 11.8. The SMILES string of the molecule is Cc1c(Cl)c(C(=O)N2CC(C(=O)O)CCC2C)nn1C. The summed E-state index contributed by atoms with van der Waals surface area (Å²) in [5, 5.41) is 13.6. The van der Waals surface area contributed by atoms with Crippen LogP contribution in [0.2, 0.25) is 5.02 Å². The number of aliphatic carboxylic acids is 1. The fourth-order valence-corrected chi connectivity index (χ4v) is 2.69. The van der Waals surface area contributed by atoms with Crippen LogP contribution in [-0.4, -0.2) is 44.3 Å². The molecule has 1 fully saturated rings. The third kappa shape index (κ3) is 2.52. The lowest BCUT2D eigenvalue weighted by molar-refractivity contribution is -0.143. The fourth-order valence-electron chi connectivity index (χ4n) is 2.45. The van der Waals surface area contributed by atoms with Crippen molar-refractivity contribution in [2.24, 2.45) is 13.0 Å². The van der Waals surface area contributed by atoms with Gasteiger partial charge in [-0.3, -0.25) is 14.3 Å². The number of carboxylic acid groups (broad SMARTS) is 1. The highest BCUT2D eigenvalue weighted by atomic mass is 35.5. The first-order chi connectivity index (χ1) is 9.32. The van der Waals surface area contributed by atoms with Crippen molar-refractivity contribution in [3.63, 3.8) is 0 Å². The standard InChI is InChI=1S/C13H18ClN3O3/c1-7-4-5-9(13(19)20)6-17(7)12(18)11-10(14)8(2)16(3)15-11/h7,9H,4-6H2,1-3H3,(H,19,20). The van der Waals surface area contributed by atoms with Gasteiger partial charge in [-0.15, -0.1) is 0 Å². The minimum absolute atomic E-state index is 0.00326. The van der Waals surface area contributed by atoms with E-state index in [1.54, 1.807) is 23.6 Å². The van der Waals surface area contributed by atoms with Gasteiger partial charge in [-0.05, 0) is 26.7 Å². The Morgan fingerprint density at radius 2 is 2.05 bits per heavy atom. The molecule has 2 rings (SSSR count). The molecule has 0 saturated carbocycles. The molecule has 2 atom stereocenters. The predicted octanol–water partition coefficient (Wildman–Crippen LogP) is 1.71. The summed E-state index contributed by atoms with van der Waals surface area (Å²) in [6.45, 7) is 3.91. The molecular formula is C13H18ClN3O3. The summed E-state index contributed by atoms with van der Waals surface area (Å²) in [7, 11) is 1.72.